The van der Waals surface area contributed by atoms with Crippen LogP contribution < -0.4 is 0 Å². The van der Waals surface area contributed by atoms with Crippen molar-refractivity contribution >= 4 is 5.97 Å². The maximum Gasteiger partial charge on any atom is 0.336 e. The van der Waals surface area contributed by atoms with E-state index in [2.05, 4.69) is 16.7 Å². The largest absolute Gasteiger partial charge is 0.478 e. The van der Waals surface area contributed by atoms with Crippen LogP contribution >= 0.6 is 0 Å². The van der Waals surface area contributed by atoms with Crippen molar-refractivity contribution in [3.8, 4) is 11.1 Å². The zero-order valence-corrected chi connectivity index (χ0v) is 17.2. The van der Waals surface area contributed by atoms with Crippen LogP contribution in [0, 0.1) is 0 Å². The molecular formula is C24H25F2N3O2. The molecule has 1 aromatic heterocycles. The van der Waals surface area contributed by atoms with Crippen molar-refractivity contribution in [3.63, 3.8) is 0 Å². The molecule has 0 fully saturated rings. The van der Waals surface area contributed by atoms with Gasteiger partial charge in [0.25, 0.3) is 0 Å². The SMILES string of the molecule is C=CCCn1nc(CC(F)CCF)nc1Cc1ccc(-c2ccccc2C(=O)O)cc1. The molecule has 0 amide bonds. The van der Waals surface area contributed by atoms with Gasteiger partial charge in [-0.15, -0.1) is 6.58 Å². The Hall–Kier alpha value is -3.35. The Morgan fingerprint density at radius 3 is 2.61 bits per heavy atom. The van der Waals surface area contributed by atoms with E-state index in [1.54, 1.807) is 35.0 Å². The second-order valence-corrected chi connectivity index (χ2v) is 7.25. The minimum absolute atomic E-state index is 0.0110. The smallest absolute Gasteiger partial charge is 0.336 e. The molecule has 1 N–H and O–H groups in total. The van der Waals surface area contributed by atoms with Crippen LogP contribution in [0.5, 0.6) is 0 Å². The summed E-state index contributed by atoms with van der Waals surface area (Å²) < 4.78 is 27.9. The number of alkyl halides is 2. The zero-order chi connectivity index (χ0) is 22.2. The lowest BCUT2D eigenvalue weighted by Gasteiger charge is -2.08. The van der Waals surface area contributed by atoms with Gasteiger partial charge < -0.3 is 5.11 Å². The summed E-state index contributed by atoms with van der Waals surface area (Å²) >= 11 is 0. The van der Waals surface area contributed by atoms with Gasteiger partial charge in [0.2, 0.25) is 0 Å². The highest BCUT2D eigenvalue weighted by molar-refractivity contribution is 5.95. The van der Waals surface area contributed by atoms with E-state index in [0.29, 0.717) is 36.6 Å². The number of halogens is 2. The van der Waals surface area contributed by atoms with E-state index in [4.69, 9.17) is 0 Å². The van der Waals surface area contributed by atoms with E-state index in [9.17, 15) is 18.7 Å². The molecule has 5 nitrogen and oxygen atoms in total. The number of aromatic carboxylic acids is 1. The van der Waals surface area contributed by atoms with E-state index < -0.39 is 18.8 Å². The minimum atomic E-state index is -1.30. The van der Waals surface area contributed by atoms with Gasteiger partial charge in [-0.3, -0.25) is 4.39 Å². The van der Waals surface area contributed by atoms with E-state index >= 15 is 0 Å². The third-order valence-corrected chi connectivity index (χ3v) is 4.95. The molecule has 7 heteroatoms. The number of carboxylic acids is 1. The summed E-state index contributed by atoms with van der Waals surface area (Å²) in [5.74, 6) is 0.0939. The van der Waals surface area contributed by atoms with Crippen molar-refractivity contribution in [3.05, 3.63) is 84.0 Å². The Morgan fingerprint density at radius 2 is 1.94 bits per heavy atom. The van der Waals surface area contributed by atoms with Crippen LogP contribution in [0.15, 0.2) is 61.2 Å². The molecule has 2 aromatic carbocycles. The number of carbonyl (C=O) groups is 1. The van der Waals surface area contributed by atoms with Gasteiger partial charge in [0.1, 0.15) is 12.0 Å². The molecule has 0 saturated heterocycles. The van der Waals surface area contributed by atoms with Crippen molar-refractivity contribution in [2.24, 2.45) is 0 Å². The van der Waals surface area contributed by atoms with Gasteiger partial charge >= 0.3 is 5.97 Å². The summed E-state index contributed by atoms with van der Waals surface area (Å²) in [5, 5.41) is 13.8. The number of carboxylic acid groups (broad SMARTS) is 1. The minimum Gasteiger partial charge on any atom is -0.478 e. The van der Waals surface area contributed by atoms with Gasteiger partial charge in [0.15, 0.2) is 5.82 Å². The number of aromatic nitrogens is 3. The molecule has 0 aliphatic heterocycles. The van der Waals surface area contributed by atoms with Crippen LogP contribution in [0.25, 0.3) is 11.1 Å². The average Bonchev–Trinajstić information content (AvgIpc) is 3.13. The first-order valence-corrected chi connectivity index (χ1v) is 10.2. The molecule has 0 aliphatic rings. The molecule has 31 heavy (non-hydrogen) atoms. The quantitative estimate of drug-likeness (QED) is 0.437. The predicted octanol–water partition coefficient (Wildman–Crippen LogP) is 5.05. The molecule has 0 radical (unpaired) electrons. The number of hydrogen-bond acceptors (Lipinski definition) is 3. The lowest BCUT2D eigenvalue weighted by molar-refractivity contribution is 0.0697. The summed E-state index contributed by atoms with van der Waals surface area (Å²) in [6, 6.07) is 14.5. The Morgan fingerprint density at radius 1 is 1.19 bits per heavy atom. The Bertz CT molecular complexity index is 1030. The van der Waals surface area contributed by atoms with Gasteiger partial charge in [-0.2, -0.15) is 5.10 Å². The molecule has 3 rings (SSSR count). The first-order chi connectivity index (χ1) is 15.0. The van der Waals surface area contributed by atoms with Crippen LogP contribution in [0.1, 0.15) is 40.4 Å². The topological polar surface area (TPSA) is 68.0 Å². The molecule has 1 unspecified atom stereocenters. The fraction of sp³-hybridized carbons (Fsp3) is 0.292. The maximum atomic E-state index is 13.8. The lowest BCUT2D eigenvalue weighted by Crippen LogP contribution is -2.08. The summed E-state index contributed by atoms with van der Waals surface area (Å²) in [6.45, 7) is 3.60. The highest BCUT2D eigenvalue weighted by Crippen LogP contribution is 2.24. The van der Waals surface area contributed by atoms with Crippen LogP contribution in [0.3, 0.4) is 0 Å². The number of benzene rings is 2. The Balaban J connectivity index is 1.81. The second kappa shape index (κ2) is 10.6. The maximum absolute atomic E-state index is 13.8. The highest BCUT2D eigenvalue weighted by Gasteiger charge is 2.16. The average molecular weight is 425 g/mol. The number of hydrogen-bond donors (Lipinski definition) is 1. The molecule has 0 aliphatic carbocycles. The molecule has 0 spiro atoms. The molecular weight excluding hydrogens is 400 g/mol. The molecule has 162 valence electrons. The fourth-order valence-electron chi connectivity index (χ4n) is 3.36. The molecule has 0 bridgehead atoms. The first kappa shape index (κ1) is 22.3. The number of nitrogens with zero attached hydrogens (tertiary/aromatic N) is 3. The second-order valence-electron chi connectivity index (χ2n) is 7.25. The molecule has 1 heterocycles. The number of rotatable bonds is 11. The van der Waals surface area contributed by atoms with E-state index in [1.807, 2.05) is 24.3 Å². The Labute approximate surface area is 180 Å². The third kappa shape index (κ3) is 5.84. The third-order valence-electron chi connectivity index (χ3n) is 4.95. The van der Waals surface area contributed by atoms with Crippen LogP contribution in [0.2, 0.25) is 0 Å². The summed E-state index contributed by atoms with van der Waals surface area (Å²) in [6.07, 6.45) is 1.50. The van der Waals surface area contributed by atoms with Crippen LogP contribution in [-0.2, 0) is 19.4 Å². The predicted molar refractivity (Wildman–Crippen MR) is 116 cm³/mol. The zero-order valence-electron chi connectivity index (χ0n) is 17.2. The standard InChI is InChI=1S/C24H25F2N3O2/c1-2-3-14-29-23(27-22(28-29)16-19(26)12-13-25)15-17-8-10-18(11-9-17)20-6-4-5-7-21(20)24(30)31/h2,4-11,19H,1,3,12-16H2,(H,30,31). The normalized spacial score (nSPS) is 11.9. The van der Waals surface area contributed by atoms with Crippen molar-refractivity contribution in [1.82, 2.24) is 14.8 Å². The van der Waals surface area contributed by atoms with Gasteiger partial charge in [-0.1, -0.05) is 48.5 Å². The van der Waals surface area contributed by atoms with Gasteiger partial charge in [-0.05, 0) is 29.2 Å². The molecule has 1 atom stereocenters. The fourth-order valence-corrected chi connectivity index (χ4v) is 3.36. The summed E-state index contributed by atoms with van der Waals surface area (Å²) in [4.78, 5) is 16.0. The highest BCUT2D eigenvalue weighted by atomic mass is 19.1. The van der Waals surface area contributed by atoms with Crippen LogP contribution in [0.4, 0.5) is 8.78 Å². The lowest BCUT2D eigenvalue weighted by atomic mass is 9.98. The first-order valence-electron chi connectivity index (χ1n) is 10.2. The van der Waals surface area contributed by atoms with Crippen molar-refractivity contribution < 1.29 is 18.7 Å². The van der Waals surface area contributed by atoms with Gasteiger partial charge in [0.05, 0.1) is 12.2 Å². The van der Waals surface area contributed by atoms with E-state index in [-0.39, 0.29) is 18.4 Å². The summed E-state index contributed by atoms with van der Waals surface area (Å²) in [5.41, 5.74) is 2.68. The van der Waals surface area contributed by atoms with Crippen molar-refractivity contribution in [1.29, 1.82) is 0 Å². The number of aryl methyl sites for hydroxylation is 1. The van der Waals surface area contributed by atoms with E-state index in [0.717, 1.165) is 11.1 Å². The molecule has 3 aromatic rings. The van der Waals surface area contributed by atoms with Crippen molar-refractivity contribution in [2.45, 2.75) is 38.4 Å². The van der Waals surface area contributed by atoms with Gasteiger partial charge in [0, 0.05) is 25.8 Å². The van der Waals surface area contributed by atoms with Crippen LogP contribution in [-0.4, -0.2) is 38.7 Å². The number of allylic oxidation sites excluding steroid dienone is 1. The Kier molecular flexibility index (Phi) is 7.65. The monoisotopic (exact) mass is 425 g/mol. The summed E-state index contributed by atoms with van der Waals surface area (Å²) in [7, 11) is 0. The van der Waals surface area contributed by atoms with E-state index in [1.165, 1.54) is 0 Å². The van der Waals surface area contributed by atoms with Crippen molar-refractivity contribution in [2.75, 3.05) is 6.67 Å². The van der Waals surface area contributed by atoms with Gasteiger partial charge in [-0.25, -0.2) is 18.9 Å². The molecule has 0 saturated carbocycles.